The Balaban J connectivity index is 2.14. The number of nitrogens with one attached hydrogen (secondary N) is 1. The highest BCUT2D eigenvalue weighted by Gasteiger charge is 2.24. The van der Waals surface area contributed by atoms with E-state index in [0.29, 0.717) is 25.3 Å². The van der Waals surface area contributed by atoms with Crippen LogP contribution in [0.25, 0.3) is 11.0 Å². The van der Waals surface area contributed by atoms with Crippen LogP contribution in [0.5, 0.6) is 0 Å². The highest BCUT2D eigenvalue weighted by atomic mass is 19.1. The molecule has 0 bridgehead atoms. The second-order valence-electron chi connectivity index (χ2n) is 7.56. The van der Waals surface area contributed by atoms with Gasteiger partial charge in [0.25, 0.3) is 0 Å². The van der Waals surface area contributed by atoms with Crippen molar-refractivity contribution in [2.24, 2.45) is 0 Å². The maximum atomic E-state index is 14.7. The summed E-state index contributed by atoms with van der Waals surface area (Å²) >= 11 is 0. The number of halogens is 1. The number of aryl methyl sites for hydroxylation is 1. The average Bonchev–Trinajstić information content (AvgIpc) is 2.61. The Morgan fingerprint density at radius 1 is 1.33 bits per heavy atom. The number of hydrogen-bond acceptors (Lipinski definition) is 6. The topological polar surface area (TPSA) is 76.5 Å². The lowest BCUT2D eigenvalue weighted by Gasteiger charge is -2.29. The normalized spacial score (nSPS) is 15.2. The Morgan fingerprint density at radius 3 is 2.59 bits per heavy atom. The first kappa shape index (κ1) is 19.3. The van der Waals surface area contributed by atoms with E-state index in [1.807, 2.05) is 11.8 Å². The van der Waals surface area contributed by atoms with Crippen molar-refractivity contribution in [2.45, 2.75) is 39.8 Å². The van der Waals surface area contributed by atoms with Gasteiger partial charge in [-0.1, -0.05) is 0 Å². The largest absolute Gasteiger partial charge is 0.456 e. The number of nitrogens with zero attached hydrogens (tertiary/aromatic N) is 3. The summed E-state index contributed by atoms with van der Waals surface area (Å²) in [6.07, 6.45) is 1.45. The van der Waals surface area contributed by atoms with Gasteiger partial charge in [0.05, 0.1) is 5.39 Å². The van der Waals surface area contributed by atoms with Gasteiger partial charge in [-0.2, -0.15) is 0 Å². The van der Waals surface area contributed by atoms with Crippen LogP contribution in [0.3, 0.4) is 0 Å². The minimum Gasteiger partial charge on any atom is -0.456 e. The van der Waals surface area contributed by atoms with Crippen LogP contribution in [0.2, 0.25) is 0 Å². The molecule has 1 aliphatic heterocycles. The van der Waals surface area contributed by atoms with Crippen LogP contribution in [0.15, 0.2) is 17.1 Å². The zero-order chi connectivity index (χ0) is 19.8. The first-order chi connectivity index (χ1) is 12.7. The molecule has 1 saturated heterocycles. The van der Waals surface area contributed by atoms with Crippen molar-refractivity contribution in [3.8, 4) is 0 Å². The number of carbonyl (C=O) groups excluding carboxylic acids is 1. The van der Waals surface area contributed by atoms with Crippen LogP contribution < -0.4 is 15.6 Å². The van der Waals surface area contributed by atoms with Crippen LogP contribution in [0.1, 0.15) is 38.1 Å². The van der Waals surface area contributed by atoms with Crippen LogP contribution in [0.4, 0.5) is 10.2 Å². The number of piperazine rings is 1. The number of ether oxygens (including phenoxy) is 1. The maximum absolute atomic E-state index is 14.7. The molecule has 2 aromatic rings. The van der Waals surface area contributed by atoms with Gasteiger partial charge in [-0.25, -0.2) is 14.2 Å². The highest BCUT2D eigenvalue weighted by Crippen LogP contribution is 2.22. The van der Waals surface area contributed by atoms with Gasteiger partial charge in [0.2, 0.25) is 5.43 Å². The summed E-state index contributed by atoms with van der Waals surface area (Å²) < 4.78 is 21.7. The number of pyridine rings is 2. The van der Waals surface area contributed by atoms with E-state index in [1.54, 1.807) is 25.3 Å². The molecule has 0 atom stereocenters. The van der Waals surface area contributed by atoms with Gasteiger partial charge < -0.3 is 19.5 Å². The average molecular weight is 376 g/mol. The molecule has 1 N–H and O–H groups in total. The molecular weight excluding hydrogens is 351 g/mol. The summed E-state index contributed by atoms with van der Waals surface area (Å²) in [6, 6.07) is 1.18. The summed E-state index contributed by atoms with van der Waals surface area (Å²) in [5, 5.41) is 3.29. The summed E-state index contributed by atoms with van der Waals surface area (Å²) in [7, 11) is 0. The van der Waals surface area contributed by atoms with E-state index >= 15 is 0 Å². The van der Waals surface area contributed by atoms with Crippen LogP contribution >= 0.6 is 0 Å². The van der Waals surface area contributed by atoms with Gasteiger partial charge in [0.15, 0.2) is 11.6 Å². The van der Waals surface area contributed by atoms with Gasteiger partial charge in [-0.3, -0.25) is 4.79 Å². The molecule has 0 aliphatic carbocycles. The molecule has 8 heteroatoms. The third-order valence-electron chi connectivity index (χ3n) is 4.36. The quantitative estimate of drug-likeness (QED) is 0.825. The number of aromatic nitrogens is 2. The molecule has 27 heavy (non-hydrogen) atoms. The Kier molecular flexibility index (Phi) is 5.19. The second kappa shape index (κ2) is 7.26. The van der Waals surface area contributed by atoms with E-state index < -0.39 is 22.8 Å². The lowest BCUT2D eigenvalue weighted by Crippen LogP contribution is -2.44. The fourth-order valence-electron chi connectivity index (χ4n) is 3.09. The van der Waals surface area contributed by atoms with Crippen LogP contribution in [-0.2, 0) is 11.3 Å². The monoisotopic (exact) mass is 376 g/mol. The number of fused-ring (bicyclic) bond motifs is 1. The first-order valence-electron chi connectivity index (χ1n) is 9.14. The standard InChI is InChI=1S/C19H25FN4O3/c1-5-23-11-13(18(26)27-19(2,3)4)15(25)12-10-14(20)17(22-16(12)23)24-8-6-21-7-9-24/h10-11,21H,5-9H2,1-4H3. The minimum atomic E-state index is -0.731. The molecule has 146 valence electrons. The SMILES string of the molecule is CCn1cc(C(=O)OC(C)(C)C)c(=O)c2cc(F)c(N3CCNCC3)nc21. The lowest BCUT2D eigenvalue weighted by molar-refractivity contribution is 0.00674. The van der Waals surface area contributed by atoms with E-state index in [-0.39, 0.29) is 16.8 Å². The number of rotatable bonds is 3. The van der Waals surface area contributed by atoms with E-state index in [4.69, 9.17) is 4.74 Å². The van der Waals surface area contributed by atoms with E-state index in [1.165, 1.54) is 12.3 Å². The second-order valence-corrected chi connectivity index (χ2v) is 7.56. The predicted molar refractivity (Wildman–Crippen MR) is 102 cm³/mol. The van der Waals surface area contributed by atoms with Gasteiger partial charge in [-0.05, 0) is 33.8 Å². The lowest BCUT2D eigenvalue weighted by atomic mass is 10.1. The van der Waals surface area contributed by atoms with E-state index in [0.717, 1.165) is 13.1 Å². The van der Waals surface area contributed by atoms with Crippen molar-refractivity contribution in [2.75, 3.05) is 31.1 Å². The number of esters is 1. The molecule has 7 nitrogen and oxygen atoms in total. The Hall–Kier alpha value is -2.48. The summed E-state index contributed by atoms with van der Waals surface area (Å²) in [4.78, 5) is 31.5. The zero-order valence-corrected chi connectivity index (χ0v) is 16.1. The summed E-state index contributed by atoms with van der Waals surface area (Å²) in [5.74, 6) is -1.05. The van der Waals surface area contributed by atoms with Crippen molar-refractivity contribution in [1.82, 2.24) is 14.9 Å². The zero-order valence-electron chi connectivity index (χ0n) is 16.1. The van der Waals surface area contributed by atoms with E-state index in [9.17, 15) is 14.0 Å². The third kappa shape index (κ3) is 3.95. The van der Waals surface area contributed by atoms with Gasteiger partial charge in [0.1, 0.15) is 16.8 Å². The van der Waals surface area contributed by atoms with Gasteiger partial charge >= 0.3 is 5.97 Å². The Labute approximate surface area is 157 Å². The summed E-state index contributed by atoms with van der Waals surface area (Å²) in [6.45, 7) is 10.3. The maximum Gasteiger partial charge on any atom is 0.344 e. The molecule has 0 radical (unpaired) electrons. The molecule has 0 amide bonds. The molecule has 2 aromatic heterocycles. The van der Waals surface area contributed by atoms with Gasteiger partial charge in [-0.15, -0.1) is 0 Å². The molecule has 0 spiro atoms. The summed E-state index contributed by atoms with van der Waals surface area (Å²) in [5.41, 5.74) is -1.05. The van der Waals surface area contributed by atoms with Crippen molar-refractivity contribution in [1.29, 1.82) is 0 Å². The molecule has 0 unspecified atom stereocenters. The fourth-order valence-corrected chi connectivity index (χ4v) is 3.09. The predicted octanol–water partition coefficient (Wildman–Crippen LogP) is 1.92. The minimum absolute atomic E-state index is 0.0802. The smallest absolute Gasteiger partial charge is 0.344 e. The number of anilines is 1. The molecule has 0 aromatic carbocycles. The van der Waals surface area contributed by atoms with Gasteiger partial charge in [0, 0.05) is 38.9 Å². The van der Waals surface area contributed by atoms with Crippen molar-refractivity contribution >= 4 is 22.8 Å². The van der Waals surface area contributed by atoms with Crippen LogP contribution in [-0.4, -0.2) is 47.3 Å². The van der Waals surface area contributed by atoms with E-state index in [2.05, 4.69) is 10.3 Å². The van der Waals surface area contributed by atoms with Crippen LogP contribution in [0, 0.1) is 5.82 Å². The molecule has 1 aliphatic rings. The fraction of sp³-hybridized carbons (Fsp3) is 0.526. The molecule has 1 fully saturated rings. The molecule has 0 saturated carbocycles. The first-order valence-corrected chi connectivity index (χ1v) is 9.14. The Morgan fingerprint density at radius 2 is 2.00 bits per heavy atom. The van der Waals surface area contributed by atoms with Crippen molar-refractivity contribution in [3.63, 3.8) is 0 Å². The van der Waals surface area contributed by atoms with Crippen molar-refractivity contribution in [3.05, 3.63) is 33.9 Å². The number of carbonyl (C=O) groups is 1. The highest BCUT2D eigenvalue weighted by molar-refractivity contribution is 5.93. The Bertz CT molecular complexity index is 927. The molecule has 3 heterocycles. The van der Waals surface area contributed by atoms with Crippen molar-refractivity contribution < 1.29 is 13.9 Å². The molecule has 3 rings (SSSR count). The number of hydrogen-bond donors (Lipinski definition) is 1. The third-order valence-corrected chi connectivity index (χ3v) is 4.36. The molecular formula is C19H25FN4O3.